The van der Waals surface area contributed by atoms with Crippen LogP contribution in [0.4, 0.5) is 5.82 Å². The Morgan fingerprint density at radius 2 is 1.78 bits per heavy atom. The summed E-state index contributed by atoms with van der Waals surface area (Å²) < 4.78 is 6.73. The molecule has 0 atom stereocenters. The summed E-state index contributed by atoms with van der Waals surface area (Å²) in [5.41, 5.74) is 17.5. The number of rotatable bonds is 9. The van der Waals surface area contributed by atoms with Crippen LogP contribution in [0.15, 0.2) is 41.5 Å². The number of aryl methyl sites for hydroxylation is 1. The Hall–Kier alpha value is -2.62. The van der Waals surface area contributed by atoms with E-state index in [9.17, 15) is 9.90 Å². The first-order valence-corrected chi connectivity index (χ1v) is 14.1. The largest absolute Gasteiger partial charge is 0.508 e. The number of nitrogen functional groups attached to an aromatic ring is 1. The van der Waals surface area contributed by atoms with Crippen LogP contribution in [0.5, 0.6) is 5.75 Å². The van der Waals surface area contributed by atoms with Gasteiger partial charge in [0, 0.05) is 55.3 Å². The first-order chi connectivity index (χ1) is 18.7. The fraction of sp³-hybridized carbons (Fsp3) is 0.441. The Kier molecular flexibility index (Phi) is 16.9. The number of allylic oxidation sites excluding steroid dienone is 4. The minimum atomic E-state index is -0.328. The molecule has 41 heavy (non-hydrogen) atoms. The number of carbonyl (C=O) groups is 1. The van der Waals surface area contributed by atoms with Gasteiger partial charge in [-0.05, 0) is 82.7 Å². The van der Waals surface area contributed by atoms with Gasteiger partial charge in [0.2, 0.25) is 0 Å². The van der Waals surface area contributed by atoms with E-state index >= 15 is 0 Å². The van der Waals surface area contributed by atoms with E-state index in [2.05, 4.69) is 52.0 Å². The summed E-state index contributed by atoms with van der Waals surface area (Å²) >= 11 is 0. The molecule has 0 radical (unpaired) electrons. The average Bonchev–Trinajstić information content (AvgIpc) is 3.11. The number of aromatic nitrogens is 1. The van der Waals surface area contributed by atoms with E-state index in [1.807, 2.05) is 38.3 Å². The van der Waals surface area contributed by atoms with Crippen LogP contribution >= 0.6 is 0 Å². The van der Waals surface area contributed by atoms with Crippen molar-refractivity contribution in [1.29, 1.82) is 0 Å². The summed E-state index contributed by atoms with van der Waals surface area (Å²) in [6.07, 6.45) is 13.8. The summed E-state index contributed by atoms with van der Waals surface area (Å²) in [6.45, 7) is 23.6. The molecule has 0 bridgehead atoms. The molecule has 224 valence electrons. The van der Waals surface area contributed by atoms with Gasteiger partial charge in [-0.3, -0.25) is 11.4 Å². The Morgan fingerprint density at radius 3 is 2.24 bits per heavy atom. The van der Waals surface area contributed by atoms with E-state index in [0.717, 1.165) is 53.9 Å². The normalized spacial score (nSPS) is 12.9. The molecule has 0 aliphatic heterocycles. The van der Waals surface area contributed by atoms with Crippen molar-refractivity contribution in [2.24, 2.45) is 5.73 Å². The molecule has 6 nitrogen and oxygen atoms in total. The third kappa shape index (κ3) is 12.0. The van der Waals surface area contributed by atoms with Crippen molar-refractivity contribution in [3.63, 3.8) is 0 Å². The third-order valence-corrected chi connectivity index (χ3v) is 6.06. The van der Waals surface area contributed by atoms with Crippen LogP contribution in [-0.4, -0.2) is 21.2 Å². The molecule has 7 heteroatoms. The number of phenols is 1. The van der Waals surface area contributed by atoms with Crippen molar-refractivity contribution in [2.45, 2.75) is 100 Å². The number of unbranched alkanes of at least 4 members (excludes halogenated alkanes) is 1. The molecule has 0 saturated carbocycles. The molecule has 0 saturated heterocycles. The van der Waals surface area contributed by atoms with Gasteiger partial charge in [0.15, 0.2) is 0 Å². The summed E-state index contributed by atoms with van der Waals surface area (Å²) in [6, 6.07) is 5.26. The molecular formula is C34H50N3O3U-. The fourth-order valence-corrected chi connectivity index (χ4v) is 4.40. The van der Waals surface area contributed by atoms with E-state index in [-0.39, 0.29) is 54.1 Å². The Morgan fingerprint density at radius 1 is 1.15 bits per heavy atom. The number of esters is 1. The number of nitrogens with zero attached hydrogens (tertiary/aromatic N) is 1. The van der Waals surface area contributed by atoms with Crippen molar-refractivity contribution in [1.82, 2.24) is 4.57 Å². The molecule has 0 unspecified atom stereocenters. The van der Waals surface area contributed by atoms with Gasteiger partial charge in [0.25, 0.3) is 0 Å². The molecule has 1 heterocycles. The van der Waals surface area contributed by atoms with Crippen LogP contribution in [0, 0.1) is 44.6 Å². The maximum Gasteiger partial charge on any atom is 0.303 e. The molecule has 0 fully saturated rings. The summed E-state index contributed by atoms with van der Waals surface area (Å²) in [7, 11) is 0. The van der Waals surface area contributed by atoms with Gasteiger partial charge in [-0.1, -0.05) is 63.1 Å². The number of anilines is 1. The summed E-state index contributed by atoms with van der Waals surface area (Å²) in [5.74, 6) is 0.417. The van der Waals surface area contributed by atoms with Crippen molar-refractivity contribution < 1.29 is 45.8 Å². The van der Waals surface area contributed by atoms with Crippen molar-refractivity contribution in [2.75, 3.05) is 5.73 Å². The topological polar surface area (TPSA) is 104 Å². The number of aromatic hydroxyl groups is 1. The molecule has 5 N–H and O–H groups in total. The Balaban J connectivity index is 0.00000155. The molecule has 2 aromatic rings. The SMILES string of the molecule is CC(=O)OC(C)(C)C.[CH-]=C(N)c1c(N)n(-c2cc(O)ccc2C)c(=C/C=C(C)/C(=C/CCC)CCC)/c1=C/CC.[U]. The zero-order chi connectivity index (χ0) is 30.6. The van der Waals surface area contributed by atoms with E-state index in [4.69, 9.17) is 22.8 Å². The third-order valence-electron chi connectivity index (χ3n) is 6.06. The molecular weight excluding hydrogens is 736 g/mol. The van der Waals surface area contributed by atoms with Gasteiger partial charge in [0.1, 0.15) is 11.4 Å². The van der Waals surface area contributed by atoms with Gasteiger partial charge < -0.3 is 25.9 Å². The molecule has 1 aromatic heterocycles. The first kappa shape index (κ1) is 38.4. The van der Waals surface area contributed by atoms with Gasteiger partial charge in [-0.25, -0.2) is 0 Å². The second-order valence-electron chi connectivity index (χ2n) is 10.9. The monoisotopic (exact) mass is 786 g/mol. The number of nitrogens with two attached hydrogens (primary N) is 2. The van der Waals surface area contributed by atoms with Gasteiger partial charge >= 0.3 is 5.97 Å². The number of carbonyl (C=O) groups excluding carboxylic acids is 1. The minimum Gasteiger partial charge on any atom is -0.508 e. The smallest absolute Gasteiger partial charge is 0.303 e. The zero-order valence-electron chi connectivity index (χ0n) is 26.5. The maximum absolute atomic E-state index is 10.2. The maximum atomic E-state index is 10.2. The zero-order valence-corrected chi connectivity index (χ0v) is 30.7. The van der Waals surface area contributed by atoms with Gasteiger partial charge in [0.05, 0.1) is 5.69 Å². The number of ether oxygens (including phenoxy) is 1. The average molecular weight is 787 g/mol. The fourth-order valence-electron chi connectivity index (χ4n) is 4.40. The van der Waals surface area contributed by atoms with Crippen molar-refractivity contribution in [3.8, 4) is 11.4 Å². The van der Waals surface area contributed by atoms with Crippen LogP contribution in [0.3, 0.4) is 0 Å². The van der Waals surface area contributed by atoms with Crippen LogP contribution in [-0.2, 0) is 9.53 Å². The molecule has 0 aliphatic carbocycles. The molecule has 2 rings (SSSR count). The van der Waals surface area contributed by atoms with Crippen LogP contribution in [0.25, 0.3) is 23.5 Å². The molecule has 0 aliphatic rings. The molecule has 1 aromatic carbocycles. The quantitative estimate of drug-likeness (QED) is 0.151. The van der Waals surface area contributed by atoms with E-state index in [1.165, 1.54) is 18.1 Å². The van der Waals surface area contributed by atoms with E-state index in [1.54, 1.807) is 12.1 Å². The summed E-state index contributed by atoms with van der Waals surface area (Å²) in [4.78, 5) is 10.2. The summed E-state index contributed by atoms with van der Waals surface area (Å²) in [5, 5.41) is 12.0. The van der Waals surface area contributed by atoms with Crippen molar-refractivity contribution in [3.05, 3.63) is 69.8 Å². The number of benzene rings is 1. The second kappa shape index (κ2) is 18.0. The predicted molar refractivity (Wildman–Crippen MR) is 170 cm³/mol. The number of hydrogen-bond acceptors (Lipinski definition) is 5. The van der Waals surface area contributed by atoms with Crippen LogP contribution in [0.2, 0.25) is 0 Å². The predicted octanol–water partition coefficient (Wildman–Crippen LogP) is 6.60. The van der Waals surface area contributed by atoms with Gasteiger partial charge in [-0.15, -0.1) is 11.3 Å². The van der Waals surface area contributed by atoms with Crippen molar-refractivity contribution >= 4 is 29.6 Å². The number of hydrogen-bond donors (Lipinski definition) is 3. The Bertz CT molecular complexity index is 1360. The molecule has 0 spiro atoms. The standard InChI is InChI=1S/C28H38N3O.C6H12O2.U/c1-7-10-13-22(11-8-2)19(4)15-17-25-24(12-9-3)27(21(6)29)28(30)31(25)26-18-23(32)16-14-20(26)5;1-5(7)8-6(2,3)4;/h6,12-18,32H,7-11,29-30H2,1-5H3;1-4H3;/q-1;;/b19-15+,22-13+,24-12-,25-17+;;. The van der Waals surface area contributed by atoms with Crippen LogP contribution < -0.4 is 22.0 Å². The second-order valence-corrected chi connectivity index (χ2v) is 10.9. The van der Waals surface area contributed by atoms with Gasteiger partial charge in [-0.2, -0.15) is 0 Å². The molecule has 0 amide bonds. The van der Waals surface area contributed by atoms with E-state index in [0.29, 0.717) is 11.4 Å². The first-order valence-electron chi connectivity index (χ1n) is 14.1. The van der Waals surface area contributed by atoms with Crippen LogP contribution in [0.1, 0.15) is 98.6 Å². The minimum absolute atomic E-state index is 0. The Labute approximate surface area is 271 Å². The van der Waals surface area contributed by atoms with E-state index < -0.39 is 0 Å². The number of phenolic OH excluding ortho intramolecular Hbond substituents is 1.